The van der Waals surface area contributed by atoms with Gasteiger partial charge in [0.05, 0.1) is 30.8 Å². The number of ether oxygens (including phenoxy) is 5. The van der Waals surface area contributed by atoms with Crippen molar-refractivity contribution < 1.29 is 52.3 Å². The molecule has 56 heavy (non-hydrogen) atoms. The van der Waals surface area contributed by atoms with Crippen LogP contribution >= 0.6 is 0 Å². The van der Waals surface area contributed by atoms with Gasteiger partial charge in [0.2, 0.25) is 5.89 Å². The van der Waals surface area contributed by atoms with E-state index in [1.165, 1.54) is 12.5 Å². The molecule has 5 rings (SSSR count). The van der Waals surface area contributed by atoms with E-state index in [0.29, 0.717) is 12.8 Å². The normalized spacial score (nSPS) is 29.8. The van der Waals surface area contributed by atoms with Crippen LogP contribution in [0.4, 0.5) is 0 Å². The molecule has 3 aliphatic rings. The van der Waals surface area contributed by atoms with Crippen LogP contribution in [0.15, 0.2) is 100 Å². The molecule has 4 bridgehead atoms. The summed E-state index contributed by atoms with van der Waals surface area (Å²) < 4.78 is 40.5. The first-order chi connectivity index (χ1) is 26.8. The third kappa shape index (κ3) is 11.0. The molecule has 9 unspecified atom stereocenters. The van der Waals surface area contributed by atoms with E-state index in [4.69, 9.17) is 32.5 Å². The monoisotopic (exact) mass is 774 g/mol. The lowest BCUT2D eigenvalue weighted by atomic mass is 9.78. The number of oxazole rings is 2. The zero-order valence-corrected chi connectivity index (χ0v) is 33.0. The second kappa shape index (κ2) is 19.0. The highest BCUT2D eigenvalue weighted by Gasteiger charge is 2.58. The van der Waals surface area contributed by atoms with Crippen LogP contribution in [-0.4, -0.2) is 94.2 Å². The molecule has 302 valence electrons. The smallest absolute Gasteiger partial charge is 0.360 e. The van der Waals surface area contributed by atoms with Crippen molar-refractivity contribution in [2.75, 3.05) is 7.11 Å². The highest BCUT2D eigenvalue weighted by atomic mass is 16.7. The average molecular weight is 775 g/mol. The highest BCUT2D eigenvalue weighted by molar-refractivity contribution is 5.87. The Morgan fingerprint density at radius 3 is 2.11 bits per heavy atom. The molecule has 0 amide bonds. The lowest BCUT2D eigenvalue weighted by molar-refractivity contribution is -0.0526. The number of rotatable bonds is 7. The fourth-order valence-corrected chi connectivity index (χ4v) is 6.30. The summed E-state index contributed by atoms with van der Waals surface area (Å²) >= 11 is 0. The number of carbonyl (C=O) groups is 2. The number of carbonyl (C=O) groups excluding carboxylic acids is 2. The summed E-state index contributed by atoms with van der Waals surface area (Å²) in [5.41, 5.74) is -1.69. The molecule has 13 nitrogen and oxygen atoms in total. The minimum Gasteiger partial charge on any atom is -0.457 e. The number of fused-ring (bicyclic) bond motifs is 7. The third-order valence-corrected chi connectivity index (χ3v) is 10.4. The van der Waals surface area contributed by atoms with Gasteiger partial charge in [0, 0.05) is 36.9 Å². The summed E-state index contributed by atoms with van der Waals surface area (Å²) in [7, 11) is 1.56. The van der Waals surface area contributed by atoms with E-state index in [9.17, 15) is 19.8 Å². The number of epoxide rings is 2. The van der Waals surface area contributed by atoms with Crippen molar-refractivity contribution in [2.24, 2.45) is 10.8 Å². The van der Waals surface area contributed by atoms with Crippen LogP contribution < -0.4 is 0 Å². The molecule has 3 aliphatic heterocycles. The van der Waals surface area contributed by atoms with Crippen molar-refractivity contribution in [2.45, 2.75) is 116 Å². The van der Waals surface area contributed by atoms with Gasteiger partial charge in [-0.1, -0.05) is 107 Å². The summed E-state index contributed by atoms with van der Waals surface area (Å²) in [4.78, 5) is 35.3. The molecule has 13 heteroatoms. The van der Waals surface area contributed by atoms with Crippen LogP contribution in [0.2, 0.25) is 0 Å². The van der Waals surface area contributed by atoms with Crippen LogP contribution in [0, 0.1) is 10.8 Å². The topological polar surface area (TPSA) is 179 Å². The van der Waals surface area contributed by atoms with E-state index in [1.807, 2.05) is 84.1 Å². The Kier molecular flexibility index (Phi) is 14.4. The molecular formula is C43H54N2O11. The van der Waals surface area contributed by atoms with Gasteiger partial charge in [-0.3, -0.25) is 0 Å². The van der Waals surface area contributed by atoms with Gasteiger partial charge in [0.1, 0.15) is 43.0 Å². The summed E-state index contributed by atoms with van der Waals surface area (Å²) in [6.07, 6.45) is 23.8. The van der Waals surface area contributed by atoms with Gasteiger partial charge < -0.3 is 42.7 Å². The number of cyclic esters (lactones) is 2. The van der Waals surface area contributed by atoms with E-state index in [-0.39, 0.29) is 54.0 Å². The Bertz CT molecular complexity index is 1840. The number of aliphatic hydroxyl groups excluding tert-OH is 2. The number of methoxy groups -OCH3 is 1. The number of allylic oxidation sites excluding steroid dienone is 8. The number of hydrogen-bond donors (Lipinski definition) is 2. The van der Waals surface area contributed by atoms with Crippen LogP contribution in [0.5, 0.6) is 0 Å². The van der Waals surface area contributed by atoms with E-state index >= 15 is 0 Å². The molecule has 2 saturated heterocycles. The van der Waals surface area contributed by atoms with Gasteiger partial charge in [-0.25, -0.2) is 19.6 Å². The Hall–Kier alpha value is -4.66. The Balaban J connectivity index is 1.37. The number of hydrogen-bond acceptors (Lipinski definition) is 13. The molecule has 0 saturated carbocycles. The first-order valence-electron chi connectivity index (χ1n) is 18.9. The van der Waals surface area contributed by atoms with Gasteiger partial charge in [-0.15, -0.1) is 0 Å². The molecule has 2 fully saturated rings. The van der Waals surface area contributed by atoms with Crippen LogP contribution in [0.25, 0.3) is 6.08 Å². The van der Waals surface area contributed by atoms with Crippen molar-refractivity contribution >= 4 is 18.0 Å². The zero-order valence-electron chi connectivity index (χ0n) is 33.0. The van der Waals surface area contributed by atoms with Gasteiger partial charge in [-0.05, 0) is 13.8 Å². The van der Waals surface area contributed by atoms with Crippen molar-refractivity contribution in [1.82, 2.24) is 9.97 Å². The molecule has 0 aromatic carbocycles. The lowest BCUT2D eigenvalue weighted by Crippen LogP contribution is -2.43. The quantitative estimate of drug-likeness (QED) is 0.178. The predicted octanol–water partition coefficient (Wildman–Crippen LogP) is 6.46. The van der Waals surface area contributed by atoms with Gasteiger partial charge in [0.15, 0.2) is 17.3 Å². The molecular weight excluding hydrogens is 720 g/mol. The van der Waals surface area contributed by atoms with E-state index in [2.05, 4.69) is 9.97 Å². The van der Waals surface area contributed by atoms with Gasteiger partial charge in [-0.2, -0.15) is 0 Å². The standard InChI is InChI=1S/C43H54N2O11/c1-8-17-32(46)42(3,4)34-21-14-12-10-11-13-19-27(50-7)23-37-45-29(26-52-37)41(49)56-35(43(5,6)33(47)18-9-2)24-31-39(54-31)38-30(53-38)20-15-16-22-36-44-28(25-51-36)40(48)55-34/h8-20,22,25-27,30-35,38-39,46-47H,21,23-24H2,1-7H3/b11-10-,14-12-,17-8+,18-9+,19-13?,20-15+,22-16?. The van der Waals surface area contributed by atoms with Gasteiger partial charge in [0.25, 0.3) is 0 Å². The second-order valence-corrected chi connectivity index (χ2v) is 15.2. The SMILES string of the molecule is C/C=C/C(O)C(C)(C)C1C/C=C\C=C/C=CC(OC)Cc2nc(co2)C(=O)OC(C(C)(C)C(O)/C=C/C)CC2OC2C2OC2/C=C/C=Cc2nc(co2)C(=O)O1. The minimum absolute atomic E-state index is 0.00482. The number of aliphatic hydroxyl groups is 2. The highest BCUT2D eigenvalue weighted by Crippen LogP contribution is 2.44. The summed E-state index contributed by atoms with van der Waals surface area (Å²) in [5.74, 6) is -0.844. The van der Waals surface area contributed by atoms with E-state index in [0.717, 1.165) is 0 Å². The fraction of sp³-hybridized carbons (Fsp3) is 0.488. The van der Waals surface area contributed by atoms with E-state index < -0.39 is 53.3 Å². The molecule has 0 aliphatic carbocycles. The number of esters is 2. The van der Waals surface area contributed by atoms with Crippen molar-refractivity contribution in [3.8, 4) is 0 Å². The van der Waals surface area contributed by atoms with Crippen molar-refractivity contribution in [3.63, 3.8) is 0 Å². The maximum atomic E-state index is 13.4. The van der Waals surface area contributed by atoms with Crippen molar-refractivity contribution in [3.05, 3.63) is 115 Å². The average Bonchev–Trinajstić information content (AvgIpc) is 3.99. The Labute approximate surface area is 328 Å². The summed E-state index contributed by atoms with van der Waals surface area (Å²) in [5, 5.41) is 21.9. The Morgan fingerprint density at radius 2 is 1.41 bits per heavy atom. The number of aromatic nitrogens is 2. The van der Waals surface area contributed by atoms with Crippen LogP contribution in [-0.2, 0) is 30.1 Å². The molecule has 0 radical (unpaired) electrons. The van der Waals surface area contributed by atoms with Crippen LogP contribution in [0.3, 0.4) is 0 Å². The number of nitrogens with zero attached hydrogens (tertiary/aromatic N) is 2. The second-order valence-electron chi connectivity index (χ2n) is 15.2. The predicted molar refractivity (Wildman–Crippen MR) is 207 cm³/mol. The summed E-state index contributed by atoms with van der Waals surface area (Å²) in [6, 6.07) is 0. The largest absolute Gasteiger partial charge is 0.457 e. The minimum atomic E-state index is -0.895. The molecule has 2 aromatic rings. The fourth-order valence-electron chi connectivity index (χ4n) is 6.30. The molecule has 2 N–H and O–H groups in total. The molecule has 9 atom stereocenters. The van der Waals surface area contributed by atoms with Crippen LogP contribution in [0.1, 0.15) is 87.1 Å². The van der Waals surface area contributed by atoms with Crippen molar-refractivity contribution in [1.29, 1.82) is 0 Å². The molecule has 0 spiro atoms. The first kappa shape index (κ1) is 42.5. The maximum Gasteiger partial charge on any atom is 0.360 e. The first-order valence-corrected chi connectivity index (χ1v) is 18.9. The molecule has 2 aromatic heterocycles. The Morgan fingerprint density at radius 1 is 0.786 bits per heavy atom. The lowest BCUT2D eigenvalue weighted by Gasteiger charge is -2.36. The van der Waals surface area contributed by atoms with Gasteiger partial charge >= 0.3 is 11.9 Å². The van der Waals surface area contributed by atoms with E-state index in [1.54, 1.807) is 49.6 Å². The molecule has 5 heterocycles. The summed E-state index contributed by atoms with van der Waals surface area (Å²) in [6.45, 7) is 11.0. The zero-order chi connectivity index (χ0) is 40.5. The maximum absolute atomic E-state index is 13.4. The third-order valence-electron chi connectivity index (χ3n) is 10.4.